The lowest BCUT2D eigenvalue weighted by molar-refractivity contribution is -0.384. The van der Waals surface area contributed by atoms with Crippen LogP contribution in [-0.2, 0) is 9.53 Å². The molecule has 0 fully saturated rings. The maximum atomic E-state index is 13.2. The Morgan fingerprint density at radius 1 is 1.29 bits per heavy atom. The Bertz CT molecular complexity index is 1150. The van der Waals surface area contributed by atoms with Crippen LogP contribution in [0, 0.1) is 15.9 Å². The Labute approximate surface area is 184 Å². The quantitative estimate of drug-likeness (QED) is 0.242. The van der Waals surface area contributed by atoms with E-state index < -0.39 is 29.2 Å². The van der Waals surface area contributed by atoms with Crippen molar-refractivity contribution in [3.8, 4) is 5.69 Å². The van der Waals surface area contributed by atoms with E-state index in [-0.39, 0.29) is 22.1 Å². The van der Waals surface area contributed by atoms with Gasteiger partial charge in [0.25, 0.3) is 11.6 Å². The van der Waals surface area contributed by atoms with Crippen molar-refractivity contribution in [2.24, 2.45) is 0 Å². The predicted octanol–water partition coefficient (Wildman–Crippen LogP) is 4.09. The van der Waals surface area contributed by atoms with E-state index in [2.05, 4.69) is 10.3 Å². The summed E-state index contributed by atoms with van der Waals surface area (Å²) < 4.78 is 19.8. The van der Waals surface area contributed by atoms with Gasteiger partial charge in [0, 0.05) is 17.8 Å². The number of hydrogen-bond donors (Lipinski definition) is 1. The number of imidazole rings is 1. The van der Waals surface area contributed by atoms with Crippen LogP contribution in [0.15, 0.2) is 53.8 Å². The number of thioether (sulfide) groups is 1. The van der Waals surface area contributed by atoms with Crippen LogP contribution in [0.5, 0.6) is 0 Å². The highest BCUT2D eigenvalue weighted by molar-refractivity contribution is 7.98. The van der Waals surface area contributed by atoms with Crippen LogP contribution in [0.25, 0.3) is 5.69 Å². The molecule has 0 radical (unpaired) electrons. The number of esters is 1. The molecule has 2 aromatic carbocycles. The molecule has 0 bridgehead atoms. The van der Waals surface area contributed by atoms with Crippen molar-refractivity contribution >= 4 is 46.6 Å². The molecular formula is C19H14ClFN4O5S. The molecule has 12 heteroatoms. The van der Waals surface area contributed by atoms with Crippen LogP contribution in [-0.4, -0.2) is 39.2 Å². The highest BCUT2D eigenvalue weighted by atomic mass is 35.5. The van der Waals surface area contributed by atoms with E-state index in [0.29, 0.717) is 10.8 Å². The molecular weight excluding hydrogens is 451 g/mol. The van der Waals surface area contributed by atoms with E-state index in [0.717, 1.165) is 6.07 Å². The second-order valence-corrected chi connectivity index (χ2v) is 7.17. The van der Waals surface area contributed by atoms with Crippen LogP contribution in [0.4, 0.5) is 15.8 Å². The van der Waals surface area contributed by atoms with Gasteiger partial charge in [-0.1, -0.05) is 23.4 Å². The van der Waals surface area contributed by atoms with Crippen molar-refractivity contribution in [2.45, 2.75) is 5.16 Å². The smallest absolute Gasteiger partial charge is 0.357 e. The number of carbonyl (C=O) groups is 2. The summed E-state index contributed by atoms with van der Waals surface area (Å²) in [7, 11) is 0. The monoisotopic (exact) mass is 464 g/mol. The summed E-state index contributed by atoms with van der Waals surface area (Å²) in [6.07, 6.45) is 3.04. The first-order valence-corrected chi connectivity index (χ1v) is 10.2. The number of rotatable bonds is 7. The third-order valence-electron chi connectivity index (χ3n) is 3.98. The van der Waals surface area contributed by atoms with Crippen molar-refractivity contribution in [2.75, 3.05) is 18.2 Å². The highest BCUT2D eigenvalue weighted by Gasteiger charge is 2.20. The number of nitrogens with one attached hydrogen (secondary N) is 1. The Balaban J connectivity index is 1.72. The van der Waals surface area contributed by atoms with Gasteiger partial charge in [0.15, 0.2) is 17.5 Å². The topological polar surface area (TPSA) is 116 Å². The molecule has 3 rings (SSSR count). The molecule has 0 saturated heterocycles. The summed E-state index contributed by atoms with van der Waals surface area (Å²) >= 11 is 7.20. The van der Waals surface area contributed by atoms with E-state index in [1.165, 1.54) is 58.9 Å². The zero-order valence-corrected chi connectivity index (χ0v) is 17.4. The number of aromatic nitrogens is 2. The van der Waals surface area contributed by atoms with E-state index in [4.69, 9.17) is 16.3 Å². The van der Waals surface area contributed by atoms with Gasteiger partial charge >= 0.3 is 5.97 Å². The van der Waals surface area contributed by atoms with Gasteiger partial charge in [0.05, 0.1) is 21.8 Å². The zero-order chi connectivity index (χ0) is 22.5. The number of nitro benzene ring substituents is 1. The first-order valence-electron chi connectivity index (χ1n) is 8.58. The Kier molecular flexibility index (Phi) is 6.88. The summed E-state index contributed by atoms with van der Waals surface area (Å²) in [5.41, 5.74) is 0.280. The average molecular weight is 465 g/mol. The number of amides is 1. The highest BCUT2D eigenvalue weighted by Crippen LogP contribution is 2.27. The molecule has 0 aliphatic heterocycles. The lowest BCUT2D eigenvalue weighted by atomic mass is 10.3. The molecule has 0 atom stereocenters. The molecule has 3 aromatic rings. The largest absolute Gasteiger partial charge is 0.451 e. The van der Waals surface area contributed by atoms with E-state index >= 15 is 0 Å². The first-order chi connectivity index (χ1) is 14.8. The summed E-state index contributed by atoms with van der Waals surface area (Å²) in [6, 6.07) is 8.99. The van der Waals surface area contributed by atoms with Gasteiger partial charge in [-0.25, -0.2) is 14.2 Å². The number of nitro groups is 1. The summed E-state index contributed by atoms with van der Waals surface area (Å²) in [4.78, 5) is 39.1. The second kappa shape index (κ2) is 9.58. The number of halogens is 2. The van der Waals surface area contributed by atoms with Gasteiger partial charge in [0.1, 0.15) is 5.82 Å². The molecule has 1 heterocycles. The first kappa shape index (κ1) is 22.2. The van der Waals surface area contributed by atoms with Crippen LogP contribution in [0.3, 0.4) is 0 Å². The average Bonchev–Trinajstić information content (AvgIpc) is 3.18. The van der Waals surface area contributed by atoms with E-state index in [9.17, 15) is 24.1 Å². The normalized spacial score (nSPS) is 10.5. The summed E-state index contributed by atoms with van der Waals surface area (Å²) in [5, 5.41) is 13.8. The lowest BCUT2D eigenvalue weighted by Gasteiger charge is -2.11. The molecule has 0 saturated carbocycles. The van der Waals surface area contributed by atoms with Gasteiger partial charge in [-0.15, -0.1) is 0 Å². The molecule has 160 valence electrons. The van der Waals surface area contributed by atoms with Crippen molar-refractivity contribution in [1.29, 1.82) is 0 Å². The number of anilines is 1. The number of nitrogens with zero attached hydrogens (tertiary/aromatic N) is 3. The lowest BCUT2D eigenvalue weighted by Crippen LogP contribution is -2.22. The maximum absolute atomic E-state index is 13.2. The second-order valence-electron chi connectivity index (χ2n) is 5.99. The van der Waals surface area contributed by atoms with Gasteiger partial charge < -0.3 is 10.1 Å². The third kappa shape index (κ3) is 5.19. The standard InChI is InChI=1S/C19H14ClFN4O5S/c1-31-19-22-9-16(24(19)12-4-2-11(21)3-5-12)18(27)30-10-17(26)23-15-8-13(25(28)29)6-7-14(15)20/h2-9H,10H2,1H3,(H,23,26). The van der Waals surface area contributed by atoms with Crippen LogP contribution < -0.4 is 5.32 Å². The Hall–Kier alpha value is -3.44. The van der Waals surface area contributed by atoms with Gasteiger partial charge in [0.2, 0.25) is 0 Å². The van der Waals surface area contributed by atoms with Gasteiger partial charge in [-0.05, 0) is 36.6 Å². The zero-order valence-electron chi connectivity index (χ0n) is 15.9. The molecule has 1 N–H and O–H groups in total. The van der Waals surface area contributed by atoms with Crippen molar-refractivity contribution < 1.29 is 23.6 Å². The minimum Gasteiger partial charge on any atom is -0.451 e. The predicted molar refractivity (Wildman–Crippen MR) is 112 cm³/mol. The number of ether oxygens (including phenoxy) is 1. The Morgan fingerprint density at radius 3 is 2.65 bits per heavy atom. The molecule has 0 spiro atoms. The molecule has 0 unspecified atom stereocenters. The van der Waals surface area contributed by atoms with Crippen molar-refractivity contribution in [3.05, 3.63) is 75.3 Å². The fraction of sp³-hybridized carbons (Fsp3) is 0.105. The molecule has 1 amide bonds. The van der Waals surface area contributed by atoms with Crippen molar-refractivity contribution in [3.63, 3.8) is 0 Å². The van der Waals surface area contributed by atoms with Gasteiger partial charge in [-0.3, -0.25) is 19.5 Å². The van der Waals surface area contributed by atoms with Crippen molar-refractivity contribution in [1.82, 2.24) is 9.55 Å². The molecule has 0 aliphatic carbocycles. The van der Waals surface area contributed by atoms with Crippen LogP contribution >= 0.6 is 23.4 Å². The molecule has 1 aromatic heterocycles. The minimum atomic E-state index is -0.836. The SMILES string of the molecule is CSc1ncc(C(=O)OCC(=O)Nc2cc([N+](=O)[O-])ccc2Cl)n1-c1ccc(F)cc1. The number of carbonyl (C=O) groups excluding carboxylic acids is 2. The summed E-state index contributed by atoms with van der Waals surface area (Å²) in [6.45, 7) is -0.666. The number of benzene rings is 2. The van der Waals surface area contributed by atoms with E-state index in [1.54, 1.807) is 6.26 Å². The molecule has 0 aliphatic rings. The minimum absolute atomic E-state index is 0.0120. The fourth-order valence-corrected chi connectivity index (χ4v) is 3.29. The van der Waals surface area contributed by atoms with Crippen LogP contribution in [0.1, 0.15) is 10.5 Å². The van der Waals surface area contributed by atoms with Crippen LogP contribution in [0.2, 0.25) is 5.02 Å². The molecule has 9 nitrogen and oxygen atoms in total. The van der Waals surface area contributed by atoms with E-state index in [1.807, 2.05) is 0 Å². The fourth-order valence-electron chi connectivity index (χ4n) is 2.58. The number of hydrogen-bond acceptors (Lipinski definition) is 7. The Morgan fingerprint density at radius 2 is 2.00 bits per heavy atom. The van der Waals surface area contributed by atoms with Gasteiger partial charge in [-0.2, -0.15) is 0 Å². The molecule has 31 heavy (non-hydrogen) atoms. The number of non-ortho nitro benzene ring substituents is 1. The third-order valence-corrected chi connectivity index (χ3v) is 4.96. The summed E-state index contributed by atoms with van der Waals surface area (Å²) in [5.74, 6) is -2.01. The maximum Gasteiger partial charge on any atom is 0.357 e.